The van der Waals surface area contributed by atoms with Crippen molar-refractivity contribution in [3.8, 4) is 5.75 Å². The second-order valence-corrected chi connectivity index (χ2v) is 7.26. The predicted molar refractivity (Wildman–Crippen MR) is 88.3 cm³/mol. The highest BCUT2D eigenvalue weighted by atomic mass is 35.5. The van der Waals surface area contributed by atoms with E-state index in [2.05, 4.69) is 5.32 Å². The lowest BCUT2D eigenvalue weighted by Gasteiger charge is -2.07. The van der Waals surface area contributed by atoms with Gasteiger partial charge in [0.1, 0.15) is 11.5 Å². The van der Waals surface area contributed by atoms with Gasteiger partial charge < -0.3 is 10.1 Å². The summed E-state index contributed by atoms with van der Waals surface area (Å²) < 4.78 is 29.3. The van der Waals surface area contributed by atoms with Gasteiger partial charge in [0.25, 0.3) is 0 Å². The molecule has 2 aromatic carbocycles. The first kappa shape index (κ1) is 17.3. The fourth-order valence-corrected chi connectivity index (χ4v) is 3.18. The maximum absolute atomic E-state index is 12.1. The van der Waals surface area contributed by atoms with E-state index in [1.165, 1.54) is 24.3 Å². The molecule has 0 aromatic heterocycles. The summed E-state index contributed by atoms with van der Waals surface area (Å²) in [6.45, 7) is 0.249. The smallest absolute Gasteiger partial charge is 0.235 e. The van der Waals surface area contributed by atoms with Crippen molar-refractivity contribution >= 4 is 27.3 Å². The Labute approximate surface area is 140 Å². The summed E-state index contributed by atoms with van der Waals surface area (Å²) in [4.78, 5) is 11.9. The van der Waals surface area contributed by atoms with E-state index in [-0.39, 0.29) is 11.4 Å². The molecule has 1 amide bonds. The molecule has 0 fully saturated rings. The van der Waals surface area contributed by atoms with E-state index in [1.807, 2.05) is 0 Å². The molecule has 0 spiro atoms. The van der Waals surface area contributed by atoms with Gasteiger partial charge in [-0.3, -0.25) is 4.79 Å². The van der Waals surface area contributed by atoms with Crippen molar-refractivity contribution in [1.82, 2.24) is 5.32 Å². The lowest BCUT2D eigenvalue weighted by atomic mass is 10.2. The number of methoxy groups -OCH3 is 1. The van der Waals surface area contributed by atoms with Gasteiger partial charge in [-0.15, -0.1) is 0 Å². The average molecular weight is 354 g/mol. The fourth-order valence-electron chi connectivity index (χ4n) is 1.89. The van der Waals surface area contributed by atoms with Crippen LogP contribution in [0.4, 0.5) is 0 Å². The number of hydrogen-bond acceptors (Lipinski definition) is 4. The van der Waals surface area contributed by atoms with Crippen molar-refractivity contribution in [2.24, 2.45) is 0 Å². The van der Waals surface area contributed by atoms with Crippen molar-refractivity contribution in [1.29, 1.82) is 0 Å². The van der Waals surface area contributed by atoms with Crippen LogP contribution in [0.3, 0.4) is 0 Å². The van der Waals surface area contributed by atoms with Gasteiger partial charge in [-0.25, -0.2) is 8.42 Å². The molecule has 0 aliphatic rings. The van der Waals surface area contributed by atoms with Gasteiger partial charge in [0, 0.05) is 11.6 Å². The second-order valence-electron chi connectivity index (χ2n) is 4.84. The summed E-state index contributed by atoms with van der Waals surface area (Å²) in [5, 5.41) is 3.03. The number of rotatable bonds is 6. The number of carbonyl (C=O) groups excluding carboxylic acids is 1. The molecular weight excluding hydrogens is 338 g/mol. The molecule has 122 valence electrons. The number of hydrogen-bond donors (Lipinski definition) is 1. The molecule has 0 saturated carbocycles. The zero-order chi connectivity index (χ0) is 16.9. The van der Waals surface area contributed by atoms with Crippen molar-refractivity contribution in [3.05, 3.63) is 59.1 Å². The fraction of sp³-hybridized carbons (Fsp3) is 0.188. The summed E-state index contributed by atoms with van der Waals surface area (Å²) in [5.74, 6) is -0.453. The third kappa shape index (κ3) is 4.97. The number of ether oxygens (including phenoxy) is 1. The Balaban J connectivity index is 1.94. The molecule has 2 rings (SSSR count). The van der Waals surface area contributed by atoms with E-state index in [0.29, 0.717) is 10.8 Å². The standard InChI is InChI=1S/C16H16ClNO4S/c1-22-14-6-2-12(3-7-14)10-18-16(19)11-23(20,21)15-8-4-13(17)5-9-15/h2-9H,10-11H2,1H3,(H,18,19). The van der Waals surface area contributed by atoms with Crippen LogP contribution in [-0.4, -0.2) is 27.2 Å². The summed E-state index contributed by atoms with van der Waals surface area (Å²) in [6, 6.07) is 12.9. The summed E-state index contributed by atoms with van der Waals surface area (Å²) in [5.41, 5.74) is 0.850. The van der Waals surface area contributed by atoms with Crippen LogP contribution in [0.25, 0.3) is 0 Å². The Kier molecular flexibility index (Phi) is 5.63. The van der Waals surface area contributed by atoms with E-state index >= 15 is 0 Å². The van der Waals surface area contributed by atoms with Crippen LogP contribution in [0.1, 0.15) is 5.56 Å². The minimum absolute atomic E-state index is 0.0708. The molecule has 0 aliphatic heterocycles. The lowest BCUT2D eigenvalue weighted by Crippen LogP contribution is -2.29. The van der Waals surface area contributed by atoms with Gasteiger partial charge >= 0.3 is 0 Å². The van der Waals surface area contributed by atoms with E-state index in [9.17, 15) is 13.2 Å². The molecule has 2 aromatic rings. The van der Waals surface area contributed by atoms with Gasteiger partial charge in [0.05, 0.1) is 12.0 Å². The molecule has 0 heterocycles. The Morgan fingerprint density at radius 2 is 1.70 bits per heavy atom. The van der Waals surface area contributed by atoms with E-state index < -0.39 is 21.5 Å². The molecular formula is C16H16ClNO4S. The first-order valence-electron chi connectivity index (χ1n) is 6.79. The normalized spacial score (nSPS) is 11.0. The van der Waals surface area contributed by atoms with Crippen LogP contribution in [-0.2, 0) is 21.2 Å². The quantitative estimate of drug-likeness (QED) is 0.865. The van der Waals surface area contributed by atoms with Crippen LogP contribution < -0.4 is 10.1 Å². The molecule has 7 heteroatoms. The van der Waals surface area contributed by atoms with Crippen LogP contribution in [0, 0.1) is 0 Å². The Bertz CT molecular complexity index is 771. The monoisotopic (exact) mass is 353 g/mol. The third-order valence-electron chi connectivity index (χ3n) is 3.14. The molecule has 0 saturated heterocycles. The second kappa shape index (κ2) is 7.48. The number of sulfone groups is 1. The SMILES string of the molecule is COc1ccc(CNC(=O)CS(=O)(=O)c2ccc(Cl)cc2)cc1. The minimum atomic E-state index is -3.68. The Morgan fingerprint density at radius 3 is 2.26 bits per heavy atom. The first-order valence-corrected chi connectivity index (χ1v) is 8.82. The van der Waals surface area contributed by atoms with Gasteiger partial charge in [0.15, 0.2) is 9.84 Å². The Morgan fingerprint density at radius 1 is 1.09 bits per heavy atom. The summed E-state index contributed by atoms with van der Waals surface area (Å²) in [7, 11) is -2.11. The molecule has 0 unspecified atom stereocenters. The summed E-state index contributed by atoms with van der Waals surface area (Å²) >= 11 is 5.72. The van der Waals surface area contributed by atoms with E-state index in [1.54, 1.807) is 31.4 Å². The predicted octanol–water partition coefficient (Wildman–Crippen LogP) is 2.44. The first-order chi connectivity index (χ1) is 10.9. The highest BCUT2D eigenvalue weighted by molar-refractivity contribution is 7.92. The number of halogens is 1. The molecule has 1 N–H and O–H groups in total. The largest absolute Gasteiger partial charge is 0.497 e. The highest BCUT2D eigenvalue weighted by Crippen LogP contribution is 2.15. The van der Waals surface area contributed by atoms with Crippen molar-refractivity contribution in [2.75, 3.05) is 12.9 Å². The third-order valence-corrected chi connectivity index (χ3v) is 5.03. The highest BCUT2D eigenvalue weighted by Gasteiger charge is 2.19. The van der Waals surface area contributed by atoms with Crippen molar-refractivity contribution in [3.63, 3.8) is 0 Å². The molecule has 0 atom stereocenters. The minimum Gasteiger partial charge on any atom is -0.497 e. The Hall–Kier alpha value is -2.05. The number of benzene rings is 2. The number of nitrogens with one attached hydrogen (secondary N) is 1. The van der Waals surface area contributed by atoms with E-state index in [4.69, 9.17) is 16.3 Å². The van der Waals surface area contributed by atoms with Gasteiger partial charge in [-0.05, 0) is 42.0 Å². The molecule has 23 heavy (non-hydrogen) atoms. The summed E-state index contributed by atoms with van der Waals surface area (Å²) in [6.07, 6.45) is 0. The van der Waals surface area contributed by atoms with Gasteiger partial charge in [0.2, 0.25) is 5.91 Å². The number of amides is 1. The lowest BCUT2D eigenvalue weighted by molar-refractivity contribution is -0.118. The van der Waals surface area contributed by atoms with Crippen LogP contribution >= 0.6 is 11.6 Å². The number of carbonyl (C=O) groups is 1. The van der Waals surface area contributed by atoms with Crippen LogP contribution in [0.2, 0.25) is 5.02 Å². The maximum Gasteiger partial charge on any atom is 0.235 e. The van der Waals surface area contributed by atoms with Crippen molar-refractivity contribution in [2.45, 2.75) is 11.4 Å². The van der Waals surface area contributed by atoms with Crippen LogP contribution in [0.5, 0.6) is 5.75 Å². The van der Waals surface area contributed by atoms with Crippen molar-refractivity contribution < 1.29 is 17.9 Å². The zero-order valence-corrected chi connectivity index (χ0v) is 14.0. The van der Waals surface area contributed by atoms with Crippen LogP contribution in [0.15, 0.2) is 53.4 Å². The van der Waals surface area contributed by atoms with Gasteiger partial charge in [-0.1, -0.05) is 23.7 Å². The maximum atomic E-state index is 12.1. The molecule has 5 nitrogen and oxygen atoms in total. The van der Waals surface area contributed by atoms with Gasteiger partial charge in [-0.2, -0.15) is 0 Å². The molecule has 0 aliphatic carbocycles. The molecule has 0 radical (unpaired) electrons. The zero-order valence-electron chi connectivity index (χ0n) is 12.5. The molecule has 0 bridgehead atoms. The average Bonchev–Trinajstić information content (AvgIpc) is 2.53. The topological polar surface area (TPSA) is 72.5 Å². The van der Waals surface area contributed by atoms with E-state index in [0.717, 1.165) is 5.56 Å².